The number of hydrogen-bond acceptors (Lipinski definition) is 6. The zero-order valence-electron chi connectivity index (χ0n) is 14.7. The maximum atomic E-state index is 12.1. The molecule has 0 spiro atoms. The molecule has 0 saturated heterocycles. The Kier molecular flexibility index (Phi) is 5.38. The highest BCUT2D eigenvalue weighted by atomic mass is 16.1. The van der Waals surface area contributed by atoms with E-state index in [1.807, 2.05) is 73.6 Å². The first-order valence-electron chi connectivity index (χ1n) is 8.18. The van der Waals surface area contributed by atoms with E-state index in [0.717, 1.165) is 16.8 Å². The van der Waals surface area contributed by atoms with E-state index in [0.29, 0.717) is 12.1 Å². The summed E-state index contributed by atoms with van der Waals surface area (Å²) in [7, 11) is 3.97. The average molecular weight is 348 g/mol. The summed E-state index contributed by atoms with van der Waals surface area (Å²) in [5, 5.41) is 12.0. The van der Waals surface area contributed by atoms with E-state index in [-0.39, 0.29) is 11.5 Å². The first-order chi connectivity index (χ1) is 12.6. The molecule has 0 aliphatic carbocycles. The summed E-state index contributed by atoms with van der Waals surface area (Å²) in [6.07, 6.45) is 2.09. The van der Waals surface area contributed by atoms with Crippen LogP contribution in [-0.4, -0.2) is 35.5 Å². The number of hydrazone groups is 1. The number of hydrogen-bond donors (Lipinski definition) is 2. The van der Waals surface area contributed by atoms with E-state index in [2.05, 4.69) is 25.7 Å². The molecule has 2 aromatic carbocycles. The van der Waals surface area contributed by atoms with Gasteiger partial charge in [-0.2, -0.15) is 5.10 Å². The fraction of sp³-hybridized carbons (Fsp3) is 0.158. The Labute approximate surface area is 151 Å². The predicted molar refractivity (Wildman–Crippen MR) is 104 cm³/mol. The van der Waals surface area contributed by atoms with Crippen LogP contribution >= 0.6 is 0 Å². The number of nitrogens with zero attached hydrogens (tertiary/aromatic N) is 4. The van der Waals surface area contributed by atoms with E-state index in [1.54, 1.807) is 6.21 Å². The molecule has 2 N–H and O–H groups in total. The normalized spacial score (nSPS) is 10.8. The van der Waals surface area contributed by atoms with Crippen LogP contribution in [0.15, 0.2) is 64.5 Å². The number of nitrogens with one attached hydrogen (secondary N) is 2. The third kappa shape index (κ3) is 4.54. The van der Waals surface area contributed by atoms with Gasteiger partial charge in [-0.25, -0.2) is 5.43 Å². The minimum absolute atomic E-state index is 0.202. The average Bonchev–Trinajstić information content (AvgIpc) is 2.65. The lowest BCUT2D eigenvalue weighted by Crippen LogP contribution is -2.18. The molecule has 0 unspecified atom stereocenters. The Hall–Kier alpha value is -3.48. The van der Waals surface area contributed by atoms with Crippen molar-refractivity contribution in [2.45, 2.75) is 6.42 Å². The quantitative estimate of drug-likeness (QED) is 0.527. The highest BCUT2D eigenvalue weighted by molar-refractivity contribution is 5.80. The van der Waals surface area contributed by atoms with E-state index < -0.39 is 0 Å². The Morgan fingerprint density at radius 3 is 2.46 bits per heavy atom. The summed E-state index contributed by atoms with van der Waals surface area (Å²) in [4.78, 5) is 16.8. The zero-order chi connectivity index (χ0) is 18.4. The van der Waals surface area contributed by atoms with Gasteiger partial charge in [0.2, 0.25) is 5.95 Å². The number of aromatic nitrogens is 3. The number of H-pyrrole nitrogens is 1. The second kappa shape index (κ2) is 8.06. The number of aromatic amines is 1. The largest absolute Gasteiger partial charge is 0.378 e. The smallest absolute Gasteiger partial charge is 0.274 e. The van der Waals surface area contributed by atoms with Gasteiger partial charge in [-0.3, -0.25) is 9.78 Å². The van der Waals surface area contributed by atoms with E-state index in [4.69, 9.17) is 0 Å². The van der Waals surface area contributed by atoms with Crippen molar-refractivity contribution in [3.05, 3.63) is 81.8 Å². The van der Waals surface area contributed by atoms with E-state index in [9.17, 15) is 4.79 Å². The lowest BCUT2D eigenvalue weighted by Gasteiger charge is -2.11. The van der Waals surface area contributed by atoms with Gasteiger partial charge in [-0.05, 0) is 23.3 Å². The maximum Gasteiger partial charge on any atom is 0.274 e. The summed E-state index contributed by atoms with van der Waals surface area (Å²) in [5.41, 5.74) is 5.82. The number of benzene rings is 2. The van der Waals surface area contributed by atoms with Crippen LogP contribution in [0.5, 0.6) is 0 Å². The lowest BCUT2D eigenvalue weighted by molar-refractivity contribution is 0.866. The molecule has 0 radical (unpaired) electrons. The molecule has 1 heterocycles. The van der Waals surface area contributed by atoms with Gasteiger partial charge in [0.25, 0.3) is 5.56 Å². The van der Waals surface area contributed by atoms with Crippen molar-refractivity contribution >= 4 is 17.9 Å². The molecular weight excluding hydrogens is 328 g/mol. The molecule has 3 rings (SSSR count). The maximum absolute atomic E-state index is 12.1. The molecule has 0 atom stereocenters. The topological polar surface area (TPSA) is 86.3 Å². The Morgan fingerprint density at radius 2 is 1.81 bits per heavy atom. The van der Waals surface area contributed by atoms with Crippen molar-refractivity contribution in [2.75, 3.05) is 24.4 Å². The number of rotatable bonds is 6. The van der Waals surface area contributed by atoms with Crippen LogP contribution in [0.25, 0.3) is 0 Å². The summed E-state index contributed by atoms with van der Waals surface area (Å²) < 4.78 is 0. The fourth-order valence-electron chi connectivity index (χ4n) is 2.34. The minimum atomic E-state index is -0.281. The van der Waals surface area contributed by atoms with Gasteiger partial charge in [-0.15, -0.1) is 10.2 Å². The van der Waals surface area contributed by atoms with Crippen molar-refractivity contribution in [2.24, 2.45) is 5.10 Å². The monoisotopic (exact) mass is 348 g/mol. The third-order valence-corrected chi connectivity index (χ3v) is 3.77. The lowest BCUT2D eigenvalue weighted by atomic mass is 10.1. The molecule has 7 heteroatoms. The SMILES string of the molecule is CN(C)c1ccc(C=NNc2nnc(Cc3ccccc3)c(=O)[nH]2)cc1. The second-order valence-corrected chi connectivity index (χ2v) is 5.97. The summed E-state index contributed by atoms with van der Waals surface area (Å²) in [5.74, 6) is 0.202. The molecule has 0 fully saturated rings. The fourth-order valence-corrected chi connectivity index (χ4v) is 2.34. The molecule has 0 saturated carbocycles. The Balaban J connectivity index is 1.63. The van der Waals surface area contributed by atoms with Crippen LogP contribution in [0.2, 0.25) is 0 Å². The summed E-state index contributed by atoms with van der Waals surface area (Å²) >= 11 is 0. The van der Waals surface area contributed by atoms with Crippen molar-refractivity contribution < 1.29 is 0 Å². The van der Waals surface area contributed by atoms with Crippen molar-refractivity contribution in [3.8, 4) is 0 Å². The molecule has 1 aromatic heterocycles. The molecule has 0 aliphatic rings. The highest BCUT2D eigenvalue weighted by Crippen LogP contribution is 2.11. The van der Waals surface area contributed by atoms with Gasteiger partial charge in [0, 0.05) is 26.2 Å². The van der Waals surface area contributed by atoms with Crippen LogP contribution in [0.4, 0.5) is 11.6 Å². The van der Waals surface area contributed by atoms with Gasteiger partial charge in [-0.1, -0.05) is 42.5 Å². The van der Waals surface area contributed by atoms with Crippen molar-refractivity contribution in [1.29, 1.82) is 0 Å². The van der Waals surface area contributed by atoms with Gasteiger partial charge in [0.15, 0.2) is 0 Å². The first kappa shape index (κ1) is 17.3. The number of anilines is 2. The van der Waals surface area contributed by atoms with Crippen LogP contribution < -0.4 is 15.9 Å². The van der Waals surface area contributed by atoms with Crippen LogP contribution in [0.3, 0.4) is 0 Å². The van der Waals surface area contributed by atoms with Crippen LogP contribution in [-0.2, 0) is 6.42 Å². The Morgan fingerprint density at radius 1 is 1.08 bits per heavy atom. The van der Waals surface area contributed by atoms with E-state index in [1.165, 1.54) is 0 Å². The van der Waals surface area contributed by atoms with Crippen molar-refractivity contribution in [1.82, 2.24) is 15.2 Å². The minimum Gasteiger partial charge on any atom is -0.378 e. The molecule has 26 heavy (non-hydrogen) atoms. The molecule has 0 aliphatic heterocycles. The predicted octanol–water partition coefficient (Wildman–Crippen LogP) is 2.27. The zero-order valence-corrected chi connectivity index (χ0v) is 14.7. The molecule has 0 bridgehead atoms. The second-order valence-electron chi connectivity index (χ2n) is 5.97. The van der Waals surface area contributed by atoms with Gasteiger partial charge >= 0.3 is 0 Å². The van der Waals surface area contributed by atoms with Crippen LogP contribution in [0.1, 0.15) is 16.8 Å². The standard InChI is InChI=1S/C19H20N6O/c1-25(2)16-10-8-15(9-11-16)13-20-23-19-21-18(26)17(22-24-19)12-14-6-4-3-5-7-14/h3-11,13H,12H2,1-2H3,(H2,21,23,24,26). The van der Waals surface area contributed by atoms with Crippen molar-refractivity contribution in [3.63, 3.8) is 0 Å². The first-order valence-corrected chi connectivity index (χ1v) is 8.18. The molecular formula is C19H20N6O. The van der Waals surface area contributed by atoms with Gasteiger partial charge in [0.05, 0.1) is 6.21 Å². The highest BCUT2D eigenvalue weighted by Gasteiger charge is 2.05. The van der Waals surface area contributed by atoms with Gasteiger partial charge < -0.3 is 4.90 Å². The molecule has 7 nitrogen and oxygen atoms in total. The van der Waals surface area contributed by atoms with Gasteiger partial charge in [0.1, 0.15) is 5.69 Å². The third-order valence-electron chi connectivity index (χ3n) is 3.77. The summed E-state index contributed by atoms with van der Waals surface area (Å²) in [6.45, 7) is 0. The summed E-state index contributed by atoms with van der Waals surface area (Å²) in [6, 6.07) is 17.6. The molecule has 132 valence electrons. The van der Waals surface area contributed by atoms with Crippen LogP contribution in [0, 0.1) is 0 Å². The molecule has 3 aromatic rings. The van der Waals surface area contributed by atoms with E-state index >= 15 is 0 Å². The molecule has 0 amide bonds. The Bertz CT molecular complexity index is 932.